The highest BCUT2D eigenvalue weighted by Gasteiger charge is 2.11. The summed E-state index contributed by atoms with van der Waals surface area (Å²) in [6.07, 6.45) is 2.93. The van der Waals surface area contributed by atoms with Crippen molar-refractivity contribution in [2.24, 2.45) is 0 Å². The Morgan fingerprint density at radius 1 is 1.57 bits per heavy atom. The monoisotopic (exact) mass is 301 g/mol. The van der Waals surface area contributed by atoms with Crippen LogP contribution in [0.4, 0.5) is 5.13 Å². The molecule has 6 nitrogen and oxygen atoms in total. The van der Waals surface area contributed by atoms with Crippen molar-refractivity contribution in [1.29, 1.82) is 5.26 Å². The van der Waals surface area contributed by atoms with Gasteiger partial charge in [-0.05, 0) is 23.8 Å². The minimum Gasteiger partial charge on any atom is -0.504 e. The molecule has 0 unspecified atom stereocenters. The van der Waals surface area contributed by atoms with Gasteiger partial charge in [0.15, 0.2) is 16.6 Å². The van der Waals surface area contributed by atoms with Crippen molar-refractivity contribution >= 4 is 28.5 Å². The van der Waals surface area contributed by atoms with E-state index in [-0.39, 0.29) is 11.3 Å². The maximum atomic E-state index is 11.9. The average molecular weight is 301 g/mol. The number of nitrogens with zero attached hydrogens (tertiary/aromatic N) is 2. The smallest absolute Gasteiger partial charge is 0.268 e. The minimum atomic E-state index is -0.553. The summed E-state index contributed by atoms with van der Waals surface area (Å²) < 4.78 is 4.93. The first-order valence-electron chi connectivity index (χ1n) is 5.83. The normalized spacial score (nSPS) is 10.8. The molecule has 0 spiro atoms. The third-order valence-electron chi connectivity index (χ3n) is 2.53. The summed E-state index contributed by atoms with van der Waals surface area (Å²) in [7, 11) is 1.44. The molecule has 1 amide bonds. The van der Waals surface area contributed by atoms with Crippen LogP contribution in [0.1, 0.15) is 5.56 Å². The number of rotatable bonds is 4. The summed E-state index contributed by atoms with van der Waals surface area (Å²) in [5.74, 6) is -0.301. The van der Waals surface area contributed by atoms with E-state index in [1.807, 2.05) is 6.07 Å². The molecule has 0 aliphatic heterocycles. The quantitative estimate of drug-likeness (QED) is 0.668. The molecule has 1 heterocycles. The zero-order chi connectivity index (χ0) is 15.2. The zero-order valence-electron chi connectivity index (χ0n) is 11.0. The lowest BCUT2D eigenvalue weighted by Crippen LogP contribution is -2.13. The molecule has 0 saturated heterocycles. The number of hydrogen-bond acceptors (Lipinski definition) is 6. The van der Waals surface area contributed by atoms with Crippen molar-refractivity contribution in [2.45, 2.75) is 0 Å². The van der Waals surface area contributed by atoms with Crippen molar-refractivity contribution in [3.05, 3.63) is 40.9 Å². The number of aromatic nitrogens is 1. The summed E-state index contributed by atoms with van der Waals surface area (Å²) in [6.45, 7) is 0. The number of nitriles is 1. The molecule has 0 atom stereocenters. The van der Waals surface area contributed by atoms with Crippen molar-refractivity contribution in [3.63, 3.8) is 0 Å². The third-order valence-corrected chi connectivity index (χ3v) is 3.22. The number of carbonyl (C=O) groups excluding carboxylic acids is 1. The standard InChI is InChI=1S/C14H11N3O3S/c1-20-12-3-2-9(7-11(12)18)6-10(8-15)13(19)17-14-16-4-5-21-14/h2-7,18H,1H3,(H,16,17,19)/b10-6+. The molecule has 0 radical (unpaired) electrons. The minimum absolute atomic E-state index is 0.0659. The second-order valence-electron chi connectivity index (χ2n) is 3.89. The first kappa shape index (κ1) is 14.6. The molecular formula is C14H11N3O3S. The third kappa shape index (κ3) is 3.58. The van der Waals surface area contributed by atoms with E-state index in [4.69, 9.17) is 10.00 Å². The Hall–Kier alpha value is -2.85. The van der Waals surface area contributed by atoms with E-state index >= 15 is 0 Å². The molecule has 0 fully saturated rings. The number of ether oxygens (including phenoxy) is 1. The van der Waals surface area contributed by atoms with Crippen molar-refractivity contribution < 1.29 is 14.6 Å². The van der Waals surface area contributed by atoms with Gasteiger partial charge in [0.25, 0.3) is 5.91 Å². The number of anilines is 1. The Morgan fingerprint density at radius 3 is 2.95 bits per heavy atom. The predicted molar refractivity (Wildman–Crippen MR) is 79.0 cm³/mol. The zero-order valence-corrected chi connectivity index (χ0v) is 11.8. The highest BCUT2D eigenvalue weighted by atomic mass is 32.1. The highest BCUT2D eigenvalue weighted by Crippen LogP contribution is 2.27. The van der Waals surface area contributed by atoms with Gasteiger partial charge >= 0.3 is 0 Å². The molecule has 1 aromatic heterocycles. The maximum absolute atomic E-state index is 11.9. The van der Waals surface area contributed by atoms with Gasteiger partial charge in [-0.25, -0.2) is 4.98 Å². The van der Waals surface area contributed by atoms with E-state index in [9.17, 15) is 9.90 Å². The molecule has 21 heavy (non-hydrogen) atoms. The van der Waals surface area contributed by atoms with Crippen LogP contribution in [0.5, 0.6) is 11.5 Å². The highest BCUT2D eigenvalue weighted by molar-refractivity contribution is 7.13. The summed E-state index contributed by atoms with van der Waals surface area (Å²) in [5, 5.41) is 23.4. The summed E-state index contributed by atoms with van der Waals surface area (Å²) in [6, 6.07) is 6.42. The second-order valence-corrected chi connectivity index (χ2v) is 4.79. The molecule has 2 rings (SSSR count). The topological polar surface area (TPSA) is 95.2 Å². The van der Waals surface area contributed by atoms with Gasteiger partial charge in [-0.1, -0.05) is 6.07 Å². The molecular weight excluding hydrogens is 290 g/mol. The molecule has 2 N–H and O–H groups in total. The van der Waals surface area contributed by atoms with E-state index in [0.717, 1.165) is 0 Å². The van der Waals surface area contributed by atoms with Crippen molar-refractivity contribution in [1.82, 2.24) is 4.98 Å². The van der Waals surface area contributed by atoms with Crippen LogP contribution in [0.15, 0.2) is 35.3 Å². The van der Waals surface area contributed by atoms with Crippen LogP contribution in [-0.2, 0) is 4.79 Å². The van der Waals surface area contributed by atoms with Gasteiger partial charge in [-0.15, -0.1) is 11.3 Å². The molecule has 2 aromatic rings. The van der Waals surface area contributed by atoms with Gasteiger partial charge < -0.3 is 9.84 Å². The van der Waals surface area contributed by atoms with Crippen molar-refractivity contribution in [2.75, 3.05) is 12.4 Å². The van der Waals surface area contributed by atoms with Crippen LogP contribution in [-0.4, -0.2) is 23.1 Å². The summed E-state index contributed by atoms with van der Waals surface area (Å²) >= 11 is 1.26. The van der Waals surface area contributed by atoms with Crippen LogP contribution in [0.3, 0.4) is 0 Å². The van der Waals surface area contributed by atoms with E-state index in [2.05, 4.69) is 10.3 Å². The number of phenols is 1. The predicted octanol–water partition coefficient (Wildman–Crippen LogP) is 2.40. The molecule has 0 bridgehead atoms. The number of phenolic OH excluding ortho intramolecular Hbond substituents is 1. The lowest BCUT2D eigenvalue weighted by molar-refractivity contribution is -0.112. The summed E-state index contributed by atoms with van der Waals surface area (Å²) in [4.78, 5) is 15.8. The fourth-order valence-electron chi connectivity index (χ4n) is 1.56. The molecule has 7 heteroatoms. The Morgan fingerprint density at radius 2 is 2.38 bits per heavy atom. The lowest BCUT2D eigenvalue weighted by atomic mass is 10.1. The molecule has 0 saturated carbocycles. The van der Waals surface area contributed by atoms with Crippen LogP contribution in [0.25, 0.3) is 6.08 Å². The maximum Gasteiger partial charge on any atom is 0.268 e. The number of aromatic hydroxyl groups is 1. The Labute approximate surface area is 124 Å². The Balaban J connectivity index is 2.22. The van der Waals surface area contributed by atoms with Gasteiger partial charge in [-0.3, -0.25) is 10.1 Å². The molecule has 0 aliphatic carbocycles. The van der Waals surface area contributed by atoms with Gasteiger partial charge in [0.1, 0.15) is 11.6 Å². The van der Waals surface area contributed by atoms with E-state index in [1.165, 1.54) is 30.6 Å². The largest absolute Gasteiger partial charge is 0.504 e. The van der Waals surface area contributed by atoms with Gasteiger partial charge in [0, 0.05) is 11.6 Å². The average Bonchev–Trinajstić information content (AvgIpc) is 2.97. The lowest BCUT2D eigenvalue weighted by Gasteiger charge is -2.04. The molecule has 106 valence electrons. The van der Waals surface area contributed by atoms with Crippen LogP contribution < -0.4 is 10.1 Å². The summed E-state index contributed by atoms with van der Waals surface area (Å²) in [5.41, 5.74) is 0.425. The van der Waals surface area contributed by atoms with Gasteiger partial charge in [0.05, 0.1) is 7.11 Å². The van der Waals surface area contributed by atoms with Crippen LogP contribution in [0.2, 0.25) is 0 Å². The fourth-order valence-corrected chi connectivity index (χ4v) is 2.09. The second kappa shape index (κ2) is 6.54. The first-order chi connectivity index (χ1) is 10.1. The van der Waals surface area contributed by atoms with E-state index in [1.54, 1.807) is 23.7 Å². The van der Waals surface area contributed by atoms with Crippen LogP contribution in [0, 0.1) is 11.3 Å². The Bertz CT molecular complexity index is 718. The number of benzene rings is 1. The number of carbonyl (C=O) groups is 1. The van der Waals surface area contributed by atoms with Crippen LogP contribution >= 0.6 is 11.3 Å². The SMILES string of the molecule is COc1ccc(/C=C(\C#N)C(=O)Nc2nccs2)cc1O. The number of amides is 1. The molecule has 1 aromatic carbocycles. The van der Waals surface area contributed by atoms with Gasteiger partial charge in [0.2, 0.25) is 0 Å². The number of hydrogen-bond donors (Lipinski definition) is 2. The number of thiazole rings is 1. The number of nitrogens with one attached hydrogen (secondary N) is 1. The van der Waals surface area contributed by atoms with E-state index in [0.29, 0.717) is 16.4 Å². The fraction of sp³-hybridized carbons (Fsp3) is 0.0714. The Kier molecular flexibility index (Phi) is 4.53. The first-order valence-corrected chi connectivity index (χ1v) is 6.71. The van der Waals surface area contributed by atoms with Crippen molar-refractivity contribution in [3.8, 4) is 17.6 Å². The van der Waals surface area contributed by atoms with Gasteiger partial charge in [-0.2, -0.15) is 5.26 Å². The molecule has 0 aliphatic rings. The van der Waals surface area contributed by atoms with E-state index < -0.39 is 5.91 Å². The number of methoxy groups -OCH3 is 1.